The normalized spacial score (nSPS) is 16.6. The summed E-state index contributed by atoms with van der Waals surface area (Å²) in [6.45, 7) is 7.73. The maximum atomic E-state index is 11.8. The van der Waals surface area contributed by atoms with Crippen LogP contribution in [0.5, 0.6) is 0 Å². The monoisotopic (exact) mass is 366 g/mol. The molecular weight excluding hydrogens is 344 g/mol. The van der Waals surface area contributed by atoms with Crippen LogP contribution in [-0.2, 0) is 11.3 Å². The van der Waals surface area contributed by atoms with Gasteiger partial charge in [-0.05, 0) is 25.5 Å². The van der Waals surface area contributed by atoms with Crippen molar-refractivity contribution in [2.45, 2.75) is 25.9 Å². The molecule has 4 heterocycles. The average Bonchev–Trinajstić information content (AvgIpc) is 3.41. The van der Waals surface area contributed by atoms with Crippen molar-refractivity contribution in [2.24, 2.45) is 0 Å². The first-order valence-electron chi connectivity index (χ1n) is 8.98. The number of anilines is 3. The predicted molar refractivity (Wildman–Crippen MR) is 104 cm³/mol. The number of rotatable bonds is 6. The number of carbonyl (C=O) groups is 1. The van der Waals surface area contributed by atoms with Crippen LogP contribution in [0.4, 0.5) is 17.5 Å². The van der Waals surface area contributed by atoms with Gasteiger partial charge in [0, 0.05) is 38.1 Å². The molecule has 0 aromatic carbocycles. The second-order valence-corrected chi connectivity index (χ2v) is 6.46. The van der Waals surface area contributed by atoms with Gasteiger partial charge in [0.05, 0.1) is 17.3 Å². The van der Waals surface area contributed by atoms with Crippen molar-refractivity contribution in [3.05, 3.63) is 37.3 Å². The number of amides is 1. The number of aromatic amines is 1. The Morgan fingerprint density at radius 2 is 2.37 bits per heavy atom. The summed E-state index contributed by atoms with van der Waals surface area (Å²) >= 11 is 0. The topological polar surface area (TPSA) is 104 Å². The molecule has 1 amide bonds. The summed E-state index contributed by atoms with van der Waals surface area (Å²) in [5.74, 6) is 1.19. The number of hydrogen-bond donors (Lipinski definition) is 3. The zero-order valence-electron chi connectivity index (χ0n) is 15.1. The number of aryl methyl sites for hydroxylation is 1. The number of aromatic nitrogens is 5. The molecule has 1 saturated heterocycles. The largest absolute Gasteiger partial charge is 0.365 e. The maximum Gasteiger partial charge on any atom is 0.246 e. The lowest BCUT2D eigenvalue weighted by atomic mass is 10.2. The Kier molecular flexibility index (Phi) is 4.49. The van der Waals surface area contributed by atoms with E-state index in [1.807, 2.05) is 30.1 Å². The SMILES string of the molecule is C=CC(=O)N1CC[C@@H](Nc2nc(Nc3cnn(CC)c3)nc3[nH]ccc23)C1. The standard InChI is InChI=1S/C18H22N8O/c1-3-15(27)25-8-6-12(10-25)21-17-14-5-7-19-16(14)23-18(24-17)22-13-9-20-26(4-2)11-13/h3,5,7,9,11-12H,1,4,6,8,10H2,2H3,(H3,19,21,22,23,24)/t12-/m1/s1. The highest BCUT2D eigenvalue weighted by molar-refractivity contribution is 5.89. The van der Waals surface area contributed by atoms with Gasteiger partial charge in [0.1, 0.15) is 11.5 Å². The molecule has 140 valence electrons. The molecule has 9 heteroatoms. The third-order valence-electron chi connectivity index (χ3n) is 4.64. The van der Waals surface area contributed by atoms with E-state index < -0.39 is 0 Å². The Morgan fingerprint density at radius 3 is 3.15 bits per heavy atom. The van der Waals surface area contributed by atoms with E-state index in [0.717, 1.165) is 35.5 Å². The minimum absolute atomic E-state index is 0.0379. The van der Waals surface area contributed by atoms with Crippen molar-refractivity contribution in [1.29, 1.82) is 0 Å². The van der Waals surface area contributed by atoms with Crippen molar-refractivity contribution >= 4 is 34.4 Å². The van der Waals surface area contributed by atoms with Crippen LogP contribution >= 0.6 is 0 Å². The van der Waals surface area contributed by atoms with Gasteiger partial charge in [-0.3, -0.25) is 9.48 Å². The lowest BCUT2D eigenvalue weighted by Crippen LogP contribution is -2.30. The fourth-order valence-corrected chi connectivity index (χ4v) is 3.24. The number of nitrogens with one attached hydrogen (secondary N) is 3. The van der Waals surface area contributed by atoms with Gasteiger partial charge in [-0.2, -0.15) is 15.1 Å². The Labute approximate surface area is 156 Å². The van der Waals surface area contributed by atoms with Gasteiger partial charge in [-0.25, -0.2) is 0 Å². The third kappa shape index (κ3) is 3.48. The Balaban J connectivity index is 1.56. The summed E-state index contributed by atoms with van der Waals surface area (Å²) in [4.78, 5) is 25.9. The summed E-state index contributed by atoms with van der Waals surface area (Å²) in [5.41, 5.74) is 1.58. The molecule has 0 unspecified atom stereocenters. The summed E-state index contributed by atoms with van der Waals surface area (Å²) in [6.07, 6.45) is 7.71. The van der Waals surface area contributed by atoms with Crippen LogP contribution in [0.3, 0.4) is 0 Å². The second kappa shape index (κ2) is 7.10. The number of nitrogens with zero attached hydrogens (tertiary/aromatic N) is 5. The first-order valence-corrected chi connectivity index (χ1v) is 8.98. The van der Waals surface area contributed by atoms with Crippen molar-refractivity contribution in [1.82, 2.24) is 29.6 Å². The average molecular weight is 366 g/mol. The van der Waals surface area contributed by atoms with E-state index in [0.29, 0.717) is 19.0 Å². The molecule has 3 aromatic rings. The fourth-order valence-electron chi connectivity index (χ4n) is 3.24. The molecule has 0 radical (unpaired) electrons. The van der Waals surface area contributed by atoms with Crippen LogP contribution in [0.1, 0.15) is 13.3 Å². The first kappa shape index (κ1) is 17.1. The van der Waals surface area contributed by atoms with Gasteiger partial charge in [0.25, 0.3) is 0 Å². The minimum Gasteiger partial charge on any atom is -0.365 e. The zero-order chi connectivity index (χ0) is 18.8. The van der Waals surface area contributed by atoms with Crippen molar-refractivity contribution < 1.29 is 4.79 Å². The minimum atomic E-state index is -0.0379. The first-order chi connectivity index (χ1) is 13.2. The molecule has 1 aliphatic heterocycles. The third-order valence-corrected chi connectivity index (χ3v) is 4.64. The highest BCUT2D eigenvalue weighted by Crippen LogP contribution is 2.25. The molecule has 1 atom stereocenters. The van der Waals surface area contributed by atoms with E-state index in [1.54, 1.807) is 11.1 Å². The summed E-state index contributed by atoms with van der Waals surface area (Å²) in [6, 6.07) is 2.08. The molecule has 0 aliphatic carbocycles. The molecule has 3 aromatic heterocycles. The Bertz CT molecular complexity index is 975. The smallest absolute Gasteiger partial charge is 0.246 e. The molecule has 1 aliphatic rings. The number of carbonyl (C=O) groups excluding carboxylic acids is 1. The number of H-pyrrole nitrogens is 1. The number of likely N-dealkylation sites (tertiary alicyclic amines) is 1. The molecule has 0 saturated carbocycles. The zero-order valence-corrected chi connectivity index (χ0v) is 15.1. The van der Waals surface area contributed by atoms with Gasteiger partial charge in [0.15, 0.2) is 0 Å². The number of fused-ring (bicyclic) bond motifs is 1. The lowest BCUT2D eigenvalue weighted by Gasteiger charge is -2.16. The van der Waals surface area contributed by atoms with Crippen molar-refractivity contribution in [2.75, 3.05) is 23.7 Å². The van der Waals surface area contributed by atoms with Crippen LogP contribution < -0.4 is 10.6 Å². The second-order valence-electron chi connectivity index (χ2n) is 6.46. The van der Waals surface area contributed by atoms with Gasteiger partial charge < -0.3 is 20.5 Å². The molecule has 27 heavy (non-hydrogen) atoms. The van der Waals surface area contributed by atoms with Crippen LogP contribution in [0.15, 0.2) is 37.3 Å². The van der Waals surface area contributed by atoms with Gasteiger partial charge in [0.2, 0.25) is 11.9 Å². The number of hydrogen-bond acceptors (Lipinski definition) is 6. The molecule has 1 fully saturated rings. The Morgan fingerprint density at radius 1 is 1.48 bits per heavy atom. The van der Waals surface area contributed by atoms with E-state index in [2.05, 4.69) is 37.3 Å². The van der Waals surface area contributed by atoms with Crippen LogP contribution in [0.2, 0.25) is 0 Å². The van der Waals surface area contributed by atoms with Crippen LogP contribution in [0, 0.1) is 0 Å². The molecule has 4 rings (SSSR count). The van der Waals surface area contributed by atoms with E-state index in [-0.39, 0.29) is 11.9 Å². The highest BCUT2D eigenvalue weighted by atomic mass is 16.2. The molecule has 3 N–H and O–H groups in total. The molecular formula is C18H22N8O. The van der Waals surface area contributed by atoms with Gasteiger partial charge in [-0.15, -0.1) is 0 Å². The van der Waals surface area contributed by atoms with E-state index in [4.69, 9.17) is 0 Å². The van der Waals surface area contributed by atoms with E-state index in [1.165, 1.54) is 6.08 Å². The summed E-state index contributed by atoms with van der Waals surface area (Å²) in [5, 5.41) is 11.8. The quantitative estimate of drug-likeness (QED) is 0.577. The lowest BCUT2D eigenvalue weighted by molar-refractivity contribution is -0.125. The van der Waals surface area contributed by atoms with Crippen molar-refractivity contribution in [3.8, 4) is 0 Å². The molecule has 9 nitrogen and oxygen atoms in total. The molecule has 0 spiro atoms. The summed E-state index contributed by atoms with van der Waals surface area (Å²) in [7, 11) is 0. The Hall–Kier alpha value is -3.36. The van der Waals surface area contributed by atoms with E-state index >= 15 is 0 Å². The van der Waals surface area contributed by atoms with Crippen LogP contribution in [-0.4, -0.2) is 54.7 Å². The van der Waals surface area contributed by atoms with Gasteiger partial charge >= 0.3 is 0 Å². The highest BCUT2D eigenvalue weighted by Gasteiger charge is 2.25. The summed E-state index contributed by atoms with van der Waals surface area (Å²) < 4.78 is 1.83. The maximum absolute atomic E-state index is 11.8. The van der Waals surface area contributed by atoms with Crippen molar-refractivity contribution in [3.63, 3.8) is 0 Å². The van der Waals surface area contributed by atoms with Crippen LogP contribution in [0.25, 0.3) is 11.0 Å². The van der Waals surface area contributed by atoms with Gasteiger partial charge in [-0.1, -0.05) is 6.58 Å². The fraction of sp³-hybridized carbons (Fsp3) is 0.333. The predicted octanol–water partition coefficient (Wildman–Crippen LogP) is 2.12. The van der Waals surface area contributed by atoms with E-state index in [9.17, 15) is 4.79 Å². The molecule has 0 bridgehead atoms.